The smallest absolute Gasteiger partial charge is 0.273 e. The topological polar surface area (TPSA) is 91.9 Å². The largest absolute Gasteiger partial charge is 0.345 e. The molecule has 1 aromatic heterocycles. The first-order valence-corrected chi connectivity index (χ1v) is 9.38. The fourth-order valence-electron chi connectivity index (χ4n) is 2.15. The molecule has 0 atom stereocenters. The lowest BCUT2D eigenvalue weighted by molar-refractivity contribution is 0.0892. The number of H-pyrrole nitrogens is 1. The molecule has 1 heterocycles. The number of amides is 1. The number of aromatic nitrogens is 2. The van der Waals surface area contributed by atoms with Crippen LogP contribution in [0.4, 0.5) is 0 Å². The first-order chi connectivity index (χ1) is 9.72. The van der Waals surface area contributed by atoms with E-state index in [1.54, 1.807) is 0 Å². The van der Waals surface area contributed by atoms with Crippen LogP contribution in [-0.2, 0) is 9.05 Å². The zero-order valence-corrected chi connectivity index (χ0v) is 13.9. The Morgan fingerprint density at radius 2 is 2.00 bits per heavy atom. The molecule has 1 aliphatic rings. The molecule has 0 unspecified atom stereocenters. The highest BCUT2D eigenvalue weighted by Gasteiger charge is 2.37. The summed E-state index contributed by atoms with van der Waals surface area (Å²) in [5.74, 6) is -0.408. The van der Waals surface area contributed by atoms with Crippen molar-refractivity contribution in [3.8, 4) is 0 Å². The first-order valence-electron chi connectivity index (χ1n) is 7.07. The minimum absolute atomic E-state index is 0.103. The standard InChI is InChI=1S/C13H20ClN3O3S/c1-4-13(3,5-2)15-12(18)10-11(21(14,19)20)9(16-17-10)8-6-7-8/h8H,4-7H2,1-3H3,(H,15,18)(H,16,17). The van der Waals surface area contributed by atoms with Crippen molar-refractivity contribution >= 4 is 25.6 Å². The van der Waals surface area contributed by atoms with Gasteiger partial charge in [0.2, 0.25) is 0 Å². The maximum Gasteiger partial charge on any atom is 0.273 e. The first kappa shape index (κ1) is 16.3. The Kier molecular flexibility index (Phi) is 4.35. The van der Waals surface area contributed by atoms with Gasteiger partial charge in [0.05, 0.1) is 5.69 Å². The summed E-state index contributed by atoms with van der Waals surface area (Å²) >= 11 is 0. The molecule has 0 spiro atoms. The normalized spacial score (nSPS) is 16.0. The molecule has 1 amide bonds. The van der Waals surface area contributed by atoms with E-state index in [-0.39, 0.29) is 16.5 Å². The molecule has 2 rings (SSSR count). The van der Waals surface area contributed by atoms with Gasteiger partial charge in [-0.2, -0.15) is 5.10 Å². The van der Waals surface area contributed by atoms with Crippen LogP contribution in [0.3, 0.4) is 0 Å². The summed E-state index contributed by atoms with van der Waals surface area (Å²) in [6.07, 6.45) is 3.23. The van der Waals surface area contributed by atoms with E-state index in [0.717, 1.165) is 25.7 Å². The SMILES string of the molecule is CCC(C)(CC)NC(=O)c1n[nH]c(C2CC2)c1S(=O)(=O)Cl. The van der Waals surface area contributed by atoms with Crippen molar-refractivity contribution in [2.45, 2.75) is 62.8 Å². The minimum Gasteiger partial charge on any atom is -0.345 e. The fourth-order valence-corrected chi connectivity index (χ4v) is 3.47. The monoisotopic (exact) mass is 333 g/mol. The Bertz CT molecular complexity index is 646. The van der Waals surface area contributed by atoms with Crippen LogP contribution in [0, 0.1) is 0 Å². The predicted octanol–water partition coefficient (Wildman–Crippen LogP) is 2.52. The molecule has 1 aromatic rings. The van der Waals surface area contributed by atoms with Gasteiger partial charge in [0.25, 0.3) is 15.0 Å². The van der Waals surface area contributed by atoms with E-state index in [1.165, 1.54) is 0 Å². The number of halogens is 1. The molecular formula is C13H20ClN3O3S. The summed E-state index contributed by atoms with van der Waals surface area (Å²) in [5, 5.41) is 9.42. The van der Waals surface area contributed by atoms with Crippen molar-refractivity contribution in [1.29, 1.82) is 0 Å². The third kappa shape index (κ3) is 3.40. The molecule has 1 aliphatic carbocycles. The van der Waals surface area contributed by atoms with Crippen molar-refractivity contribution in [3.05, 3.63) is 11.4 Å². The maximum absolute atomic E-state index is 12.4. The van der Waals surface area contributed by atoms with Gasteiger partial charge in [-0.3, -0.25) is 9.89 Å². The Morgan fingerprint density at radius 3 is 2.43 bits per heavy atom. The molecule has 0 aliphatic heterocycles. The average molecular weight is 334 g/mol. The molecule has 0 bridgehead atoms. The highest BCUT2D eigenvalue weighted by Crippen LogP contribution is 2.43. The molecule has 0 radical (unpaired) electrons. The average Bonchev–Trinajstić information content (AvgIpc) is 3.15. The van der Waals surface area contributed by atoms with Crippen molar-refractivity contribution in [2.75, 3.05) is 0 Å². The highest BCUT2D eigenvalue weighted by molar-refractivity contribution is 8.13. The van der Waals surface area contributed by atoms with E-state index in [4.69, 9.17) is 10.7 Å². The van der Waals surface area contributed by atoms with Crippen molar-refractivity contribution < 1.29 is 13.2 Å². The number of carbonyl (C=O) groups excluding carboxylic acids is 1. The third-order valence-electron chi connectivity index (χ3n) is 4.17. The summed E-state index contributed by atoms with van der Waals surface area (Å²) < 4.78 is 23.6. The zero-order valence-electron chi connectivity index (χ0n) is 12.4. The van der Waals surface area contributed by atoms with Gasteiger partial charge >= 0.3 is 0 Å². The quantitative estimate of drug-likeness (QED) is 0.782. The van der Waals surface area contributed by atoms with Gasteiger partial charge < -0.3 is 5.32 Å². The molecule has 0 saturated heterocycles. The molecule has 8 heteroatoms. The number of carbonyl (C=O) groups is 1. The summed E-state index contributed by atoms with van der Waals surface area (Å²) in [6.45, 7) is 5.83. The zero-order chi connectivity index (χ0) is 15.8. The lowest BCUT2D eigenvalue weighted by Gasteiger charge is -2.27. The fraction of sp³-hybridized carbons (Fsp3) is 0.692. The summed E-state index contributed by atoms with van der Waals surface area (Å²) in [7, 11) is 1.48. The minimum atomic E-state index is -4.02. The Morgan fingerprint density at radius 1 is 1.43 bits per heavy atom. The lowest BCUT2D eigenvalue weighted by atomic mass is 9.95. The van der Waals surface area contributed by atoms with E-state index in [0.29, 0.717) is 5.69 Å². The Labute approximate surface area is 129 Å². The van der Waals surface area contributed by atoms with E-state index in [1.807, 2.05) is 20.8 Å². The molecule has 1 saturated carbocycles. The predicted molar refractivity (Wildman–Crippen MR) is 80.1 cm³/mol. The van der Waals surface area contributed by atoms with Crippen molar-refractivity contribution in [3.63, 3.8) is 0 Å². The van der Waals surface area contributed by atoms with E-state index in [2.05, 4.69) is 15.5 Å². The molecule has 6 nitrogen and oxygen atoms in total. The van der Waals surface area contributed by atoms with Crippen LogP contribution in [0.25, 0.3) is 0 Å². The molecule has 118 valence electrons. The summed E-state index contributed by atoms with van der Waals surface area (Å²) in [6, 6.07) is 0. The Balaban J connectivity index is 2.38. The molecule has 1 fully saturated rings. The van der Waals surface area contributed by atoms with Gasteiger partial charge in [-0.25, -0.2) is 8.42 Å². The van der Waals surface area contributed by atoms with Crippen molar-refractivity contribution in [2.24, 2.45) is 0 Å². The second-order valence-corrected chi connectivity index (χ2v) is 8.25. The molecule has 21 heavy (non-hydrogen) atoms. The van der Waals surface area contributed by atoms with Crippen LogP contribution in [0.2, 0.25) is 0 Å². The number of nitrogens with one attached hydrogen (secondary N) is 2. The van der Waals surface area contributed by atoms with Gasteiger partial charge in [0.1, 0.15) is 4.90 Å². The number of rotatable bonds is 6. The highest BCUT2D eigenvalue weighted by atomic mass is 35.7. The van der Waals surface area contributed by atoms with Crippen molar-refractivity contribution in [1.82, 2.24) is 15.5 Å². The van der Waals surface area contributed by atoms with E-state index < -0.39 is 20.5 Å². The molecular weight excluding hydrogens is 314 g/mol. The van der Waals surface area contributed by atoms with Gasteiger partial charge in [-0.05, 0) is 32.6 Å². The third-order valence-corrected chi connectivity index (χ3v) is 5.53. The van der Waals surface area contributed by atoms with Crippen LogP contribution < -0.4 is 5.32 Å². The maximum atomic E-state index is 12.4. The van der Waals surface area contributed by atoms with Crippen LogP contribution in [0.5, 0.6) is 0 Å². The van der Waals surface area contributed by atoms with Crippen LogP contribution in [0.1, 0.15) is 68.6 Å². The van der Waals surface area contributed by atoms with Gasteiger partial charge in [0, 0.05) is 22.1 Å². The lowest BCUT2D eigenvalue weighted by Crippen LogP contribution is -2.45. The number of hydrogen-bond donors (Lipinski definition) is 2. The second-order valence-electron chi connectivity index (χ2n) is 5.75. The van der Waals surface area contributed by atoms with Crippen LogP contribution in [0.15, 0.2) is 4.90 Å². The molecule has 2 N–H and O–H groups in total. The summed E-state index contributed by atoms with van der Waals surface area (Å²) in [4.78, 5) is 12.2. The van der Waals surface area contributed by atoms with Gasteiger partial charge in [0.15, 0.2) is 5.69 Å². The number of hydrogen-bond acceptors (Lipinski definition) is 4. The van der Waals surface area contributed by atoms with E-state index >= 15 is 0 Å². The van der Waals surface area contributed by atoms with Crippen LogP contribution >= 0.6 is 10.7 Å². The van der Waals surface area contributed by atoms with E-state index in [9.17, 15) is 13.2 Å². The summed E-state index contributed by atoms with van der Waals surface area (Å²) in [5.41, 5.74) is -0.0896. The van der Waals surface area contributed by atoms with Crippen LogP contribution in [-0.4, -0.2) is 30.1 Å². The molecule has 0 aromatic carbocycles. The Hall–Kier alpha value is -1.08. The number of nitrogens with zero attached hydrogens (tertiary/aromatic N) is 1. The van der Waals surface area contributed by atoms with Gasteiger partial charge in [-0.1, -0.05) is 13.8 Å². The number of aromatic amines is 1. The second kappa shape index (κ2) is 5.61. The van der Waals surface area contributed by atoms with Gasteiger partial charge in [-0.15, -0.1) is 0 Å².